The second kappa shape index (κ2) is 4.91. The maximum atomic E-state index is 11.9. The number of nitrogens with zero attached hydrogens (tertiary/aromatic N) is 1. The Hall–Kier alpha value is -1.30. The molecule has 0 aliphatic carbocycles. The molecule has 98 valence electrons. The third kappa shape index (κ3) is 3.33. The Labute approximate surface area is 101 Å². The number of ether oxygens (including phenoxy) is 2. The number of methoxy groups -OCH3 is 1. The molecule has 1 aliphatic heterocycles. The van der Waals surface area contributed by atoms with Gasteiger partial charge in [0, 0.05) is 12.6 Å². The Morgan fingerprint density at radius 2 is 1.94 bits per heavy atom. The summed E-state index contributed by atoms with van der Waals surface area (Å²) in [5.41, 5.74) is 5.20. The summed E-state index contributed by atoms with van der Waals surface area (Å²) in [6.45, 7) is 5.73. The summed E-state index contributed by atoms with van der Waals surface area (Å²) < 4.78 is 9.87. The third-order valence-corrected chi connectivity index (χ3v) is 2.52. The first kappa shape index (κ1) is 13.8. The fourth-order valence-corrected chi connectivity index (χ4v) is 1.76. The molecule has 0 aromatic heterocycles. The molecule has 0 saturated carbocycles. The number of carbonyl (C=O) groups is 2. The Balaban J connectivity index is 2.76. The predicted octanol–water partition coefficient (Wildman–Crippen LogP) is 0.496. The van der Waals surface area contributed by atoms with Crippen LogP contribution in [0.3, 0.4) is 0 Å². The second-order valence-electron chi connectivity index (χ2n) is 5.09. The summed E-state index contributed by atoms with van der Waals surface area (Å²) >= 11 is 0. The van der Waals surface area contributed by atoms with Crippen LogP contribution >= 0.6 is 0 Å². The Bertz CT molecular complexity index is 311. The van der Waals surface area contributed by atoms with Gasteiger partial charge in [-0.2, -0.15) is 0 Å². The number of rotatable bonds is 1. The van der Waals surface area contributed by atoms with Crippen LogP contribution in [0.15, 0.2) is 0 Å². The van der Waals surface area contributed by atoms with E-state index < -0.39 is 29.7 Å². The number of likely N-dealkylation sites (tertiary alicyclic amines) is 1. The lowest BCUT2D eigenvalue weighted by molar-refractivity contribution is -0.146. The molecule has 0 aromatic rings. The van der Waals surface area contributed by atoms with Crippen molar-refractivity contribution < 1.29 is 19.1 Å². The molecule has 0 aromatic carbocycles. The van der Waals surface area contributed by atoms with Crippen LogP contribution in [0, 0.1) is 0 Å². The summed E-state index contributed by atoms with van der Waals surface area (Å²) in [6.07, 6.45) is 0.0415. The molecule has 2 atom stereocenters. The smallest absolute Gasteiger partial charge is 0.411 e. The maximum absolute atomic E-state index is 11.9. The number of nitrogens with two attached hydrogens (primary N) is 1. The zero-order valence-electron chi connectivity index (χ0n) is 10.7. The van der Waals surface area contributed by atoms with Gasteiger partial charge in [-0.1, -0.05) is 0 Å². The highest BCUT2D eigenvalue weighted by Crippen LogP contribution is 2.21. The molecule has 1 aliphatic rings. The van der Waals surface area contributed by atoms with E-state index in [-0.39, 0.29) is 0 Å². The topological polar surface area (TPSA) is 81.9 Å². The molecular weight excluding hydrogens is 224 g/mol. The molecule has 1 saturated heterocycles. The van der Waals surface area contributed by atoms with Crippen LogP contribution in [-0.2, 0) is 14.3 Å². The van der Waals surface area contributed by atoms with Gasteiger partial charge in [-0.05, 0) is 27.2 Å². The minimum Gasteiger partial charge on any atom is -0.467 e. The van der Waals surface area contributed by atoms with Crippen molar-refractivity contribution in [2.75, 3.05) is 13.7 Å². The van der Waals surface area contributed by atoms with Crippen molar-refractivity contribution in [2.45, 2.75) is 44.9 Å². The maximum Gasteiger partial charge on any atom is 0.411 e. The minimum atomic E-state index is -0.741. The zero-order valence-corrected chi connectivity index (χ0v) is 10.7. The summed E-state index contributed by atoms with van der Waals surface area (Å²) in [5.74, 6) is -0.499. The first-order valence-corrected chi connectivity index (χ1v) is 5.59. The molecule has 1 rings (SSSR count). The van der Waals surface area contributed by atoms with Gasteiger partial charge >= 0.3 is 12.1 Å². The molecule has 2 N–H and O–H groups in total. The van der Waals surface area contributed by atoms with E-state index in [0.717, 1.165) is 0 Å². The van der Waals surface area contributed by atoms with Crippen LogP contribution < -0.4 is 5.73 Å². The van der Waals surface area contributed by atoms with E-state index in [4.69, 9.17) is 10.5 Å². The fraction of sp³-hybridized carbons (Fsp3) is 0.818. The van der Waals surface area contributed by atoms with Crippen molar-refractivity contribution in [1.29, 1.82) is 0 Å². The quantitative estimate of drug-likeness (QED) is 0.679. The van der Waals surface area contributed by atoms with E-state index in [1.807, 2.05) is 0 Å². The van der Waals surface area contributed by atoms with Gasteiger partial charge in [0.05, 0.1) is 7.11 Å². The largest absolute Gasteiger partial charge is 0.467 e. The average Bonchev–Trinajstić information content (AvgIpc) is 2.56. The summed E-state index contributed by atoms with van der Waals surface area (Å²) in [7, 11) is 1.28. The second-order valence-corrected chi connectivity index (χ2v) is 5.09. The van der Waals surface area contributed by atoms with Gasteiger partial charge in [0.1, 0.15) is 11.6 Å². The average molecular weight is 244 g/mol. The molecule has 0 bridgehead atoms. The third-order valence-electron chi connectivity index (χ3n) is 2.52. The van der Waals surface area contributed by atoms with Crippen LogP contribution in [0.25, 0.3) is 0 Å². The van der Waals surface area contributed by atoms with Gasteiger partial charge in [-0.15, -0.1) is 0 Å². The number of hydrogen-bond donors (Lipinski definition) is 1. The standard InChI is InChI=1S/C11H20N2O4/c1-11(2,3)17-10(15)13-6-5-7(12)8(13)9(14)16-4/h7-8H,5-6,12H2,1-4H3. The van der Waals surface area contributed by atoms with E-state index in [0.29, 0.717) is 13.0 Å². The van der Waals surface area contributed by atoms with Gasteiger partial charge < -0.3 is 15.2 Å². The van der Waals surface area contributed by atoms with Crippen molar-refractivity contribution >= 4 is 12.1 Å². The lowest BCUT2D eigenvalue weighted by Crippen LogP contribution is -2.49. The first-order valence-electron chi connectivity index (χ1n) is 5.59. The highest BCUT2D eigenvalue weighted by molar-refractivity contribution is 5.83. The minimum absolute atomic E-state index is 0.394. The monoisotopic (exact) mass is 244 g/mol. The van der Waals surface area contributed by atoms with Gasteiger partial charge in [-0.3, -0.25) is 4.90 Å². The lowest BCUT2D eigenvalue weighted by Gasteiger charge is -2.28. The number of carbonyl (C=O) groups excluding carboxylic acids is 2. The summed E-state index contributed by atoms with van der Waals surface area (Å²) in [6, 6.07) is -1.13. The number of amides is 1. The zero-order chi connectivity index (χ0) is 13.2. The van der Waals surface area contributed by atoms with E-state index >= 15 is 0 Å². The van der Waals surface area contributed by atoms with Gasteiger partial charge in [0.15, 0.2) is 0 Å². The Kier molecular flexibility index (Phi) is 3.98. The summed E-state index contributed by atoms with van der Waals surface area (Å²) in [4.78, 5) is 24.8. The molecule has 6 nitrogen and oxygen atoms in total. The van der Waals surface area contributed by atoms with E-state index in [1.165, 1.54) is 12.0 Å². The molecule has 17 heavy (non-hydrogen) atoms. The molecule has 1 heterocycles. The fourth-order valence-electron chi connectivity index (χ4n) is 1.76. The Morgan fingerprint density at radius 1 is 1.35 bits per heavy atom. The molecule has 1 amide bonds. The van der Waals surface area contributed by atoms with Crippen LogP contribution in [-0.4, -0.2) is 48.3 Å². The van der Waals surface area contributed by atoms with Crippen molar-refractivity contribution in [1.82, 2.24) is 4.90 Å². The van der Waals surface area contributed by atoms with E-state index in [1.54, 1.807) is 20.8 Å². The van der Waals surface area contributed by atoms with Gasteiger partial charge in [0.25, 0.3) is 0 Å². The molecular formula is C11H20N2O4. The predicted molar refractivity (Wildman–Crippen MR) is 61.3 cm³/mol. The van der Waals surface area contributed by atoms with Crippen LogP contribution in [0.1, 0.15) is 27.2 Å². The number of esters is 1. The highest BCUT2D eigenvalue weighted by Gasteiger charge is 2.42. The normalized spacial score (nSPS) is 24.6. The molecule has 0 radical (unpaired) electrons. The van der Waals surface area contributed by atoms with Gasteiger partial charge in [-0.25, -0.2) is 9.59 Å². The molecule has 0 spiro atoms. The van der Waals surface area contributed by atoms with Crippen molar-refractivity contribution in [3.05, 3.63) is 0 Å². The van der Waals surface area contributed by atoms with E-state index in [9.17, 15) is 9.59 Å². The van der Waals surface area contributed by atoms with Crippen molar-refractivity contribution in [3.8, 4) is 0 Å². The summed E-state index contributed by atoms with van der Waals surface area (Å²) in [5, 5.41) is 0. The highest BCUT2D eigenvalue weighted by atomic mass is 16.6. The molecule has 2 unspecified atom stereocenters. The number of hydrogen-bond acceptors (Lipinski definition) is 5. The Morgan fingerprint density at radius 3 is 2.41 bits per heavy atom. The van der Waals surface area contributed by atoms with Crippen LogP contribution in [0.5, 0.6) is 0 Å². The molecule has 6 heteroatoms. The first-order chi connectivity index (χ1) is 7.76. The van der Waals surface area contributed by atoms with Crippen molar-refractivity contribution in [2.24, 2.45) is 5.73 Å². The van der Waals surface area contributed by atoms with Crippen LogP contribution in [0.4, 0.5) is 4.79 Å². The van der Waals surface area contributed by atoms with Gasteiger partial charge in [0.2, 0.25) is 0 Å². The SMILES string of the molecule is COC(=O)C1C(N)CCN1C(=O)OC(C)(C)C. The lowest BCUT2D eigenvalue weighted by atomic mass is 10.1. The van der Waals surface area contributed by atoms with E-state index in [2.05, 4.69) is 4.74 Å². The van der Waals surface area contributed by atoms with Crippen LogP contribution in [0.2, 0.25) is 0 Å². The molecule has 1 fully saturated rings. The van der Waals surface area contributed by atoms with Crippen molar-refractivity contribution in [3.63, 3.8) is 0 Å².